The van der Waals surface area contributed by atoms with Crippen molar-refractivity contribution in [1.82, 2.24) is 20.8 Å². The van der Waals surface area contributed by atoms with Crippen LogP contribution in [0.3, 0.4) is 0 Å². The molecule has 0 atom stereocenters. The lowest BCUT2D eigenvalue weighted by molar-refractivity contribution is 0.0938. The van der Waals surface area contributed by atoms with Gasteiger partial charge in [-0.2, -0.15) is 5.10 Å². The number of H-pyrrole nitrogens is 1. The second-order valence-electron chi connectivity index (χ2n) is 3.44. The minimum atomic E-state index is -0.231. The fourth-order valence-electron chi connectivity index (χ4n) is 1.67. The Kier molecular flexibility index (Phi) is 2.98. The van der Waals surface area contributed by atoms with Crippen LogP contribution < -0.4 is 10.6 Å². The van der Waals surface area contributed by atoms with E-state index in [0.29, 0.717) is 12.2 Å². The molecule has 0 bridgehead atoms. The molecule has 6 heteroatoms. The van der Waals surface area contributed by atoms with Crippen molar-refractivity contribution >= 4 is 5.91 Å². The first-order valence-electron chi connectivity index (χ1n) is 4.99. The van der Waals surface area contributed by atoms with Crippen LogP contribution in [0.2, 0.25) is 0 Å². The minimum Gasteiger partial charge on any atom is -0.395 e. The molecule has 1 aliphatic heterocycles. The van der Waals surface area contributed by atoms with Gasteiger partial charge in [0.25, 0.3) is 5.91 Å². The first kappa shape index (κ1) is 10.1. The molecular weight excluding hydrogens is 196 g/mol. The molecule has 1 aliphatic rings. The molecule has 0 aliphatic carbocycles. The second kappa shape index (κ2) is 4.41. The zero-order valence-corrected chi connectivity index (χ0v) is 8.34. The highest BCUT2D eigenvalue weighted by atomic mass is 16.3. The molecule has 0 aromatic carbocycles. The van der Waals surface area contributed by atoms with Gasteiger partial charge in [0, 0.05) is 37.3 Å². The zero-order chi connectivity index (χ0) is 10.7. The average molecular weight is 210 g/mol. The number of aliphatic hydroxyl groups is 1. The van der Waals surface area contributed by atoms with Gasteiger partial charge in [-0.05, 0) is 0 Å². The van der Waals surface area contributed by atoms with Crippen LogP contribution in [0.5, 0.6) is 0 Å². The Labute approximate surface area is 87.1 Å². The van der Waals surface area contributed by atoms with Crippen molar-refractivity contribution < 1.29 is 9.90 Å². The maximum absolute atomic E-state index is 11.6. The molecule has 0 saturated heterocycles. The van der Waals surface area contributed by atoms with E-state index in [4.69, 9.17) is 5.11 Å². The number of aromatic amines is 1. The fraction of sp³-hybridized carbons (Fsp3) is 0.556. The third-order valence-corrected chi connectivity index (χ3v) is 2.42. The Morgan fingerprint density at radius 1 is 1.60 bits per heavy atom. The standard InChI is InChI=1S/C9H14N4O2/c14-4-3-11-9(15)8-6-5-10-2-1-7(6)12-13-8/h10,14H,1-5H2,(H,11,15)(H,12,13). The third kappa shape index (κ3) is 2.00. The number of aliphatic hydroxyl groups excluding tert-OH is 1. The van der Waals surface area contributed by atoms with Gasteiger partial charge in [0.05, 0.1) is 6.61 Å². The van der Waals surface area contributed by atoms with E-state index in [1.165, 1.54) is 0 Å². The normalized spacial score (nSPS) is 14.7. The number of hydrogen-bond acceptors (Lipinski definition) is 4. The average Bonchev–Trinajstić information content (AvgIpc) is 2.69. The second-order valence-corrected chi connectivity index (χ2v) is 3.44. The molecule has 2 heterocycles. The summed E-state index contributed by atoms with van der Waals surface area (Å²) in [5, 5.41) is 21.2. The van der Waals surface area contributed by atoms with Gasteiger partial charge in [-0.1, -0.05) is 0 Å². The van der Waals surface area contributed by atoms with Crippen LogP contribution in [-0.2, 0) is 13.0 Å². The molecule has 82 valence electrons. The van der Waals surface area contributed by atoms with Crippen molar-refractivity contribution in [3.05, 3.63) is 17.0 Å². The van der Waals surface area contributed by atoms with Gasteiger partial charge in [-0.25, -0.2) is 0 Å². The predicted octanol–water partition coefficient (Wildman–Crippen LogP) is -1.22. The summed E-state index contributed by atoms with van der Waals surface area (Å²) < 4.78 is 0. The Morgan fingerprint density at radius 2 is 2.47 bits per heavy atom. The number of nitrogens with one attached hydrogen (secondary N) is 3. The van der Waals surface area contributed by atoms with Crippen LogP contribution >= 0.6 is 0 Å². The summed E-state index contributed by atoms with van der Waals surface area (Å²) in [6.45, 7) is 1.78. The van der Waals surface area contributed by atoms with Gasteiger partial charge >= 0.3 is 0 Å². The highest BCUT2D eigenvalue weighted by Crippen LogP contribution is 2.14. The van der Waals surface area contributed by atoms with Gasteiger partial charge in [-0.15, -0.1) is 0 Å². The SMILES string of the molecule is O=C(NCCO)c1n[nH]c2c1CNCC2. The van der Waals surface area contributed by atoms with Gasteiger partial charge in [0.15, 0.2) is 5.69 Å². The quantitative estimate of drug-likeness (QED) is 0.503. The summed E-state index contributed by atoms with van der Waals surface area (Å²) in [7, 11) is 0. The first-order chi connectivity index (χ1) is 7.33. The summed E-state index contributed by atoms with van der Waals surface area (Å²) in [5.41, 5.74) is 2.41. The predicted molar refractivity (Wildman–Crippen MR) is 53.4 cm³/mol. The van der Waals surface area contributed by atoms with Crippen LogP contribution in [0.15, 0.2) is 0 Å². The summed E-state index contributed by atoms with van der Waals surface area (Å²) in [4.78, 5) is 11.6. The number of carbonyl (C=O) groups is 1. The zero-order valence-electron chi connectivity index (χ0n) is 8.34. The molecule has 1 amide bonds. The lowest BCUT2D eigenvalue weighted by Gasteiger charge is -2.12. The Hall–Kier alpha value is -1.40. The highest BCUT2D eigenvalue weighted by Gasteiger charge is 2.20. The largest absolute Gasteiger partial charge is 0.395 e. The molecule has 0 spiro atoms. The van der Waals surface area contributed by atoms with E-state index in [0.717, 1.165) is 24.2 Å². The van der Waals surface area contributed by atoms with E-state index in [-0.39, 0.29) is 19.1 Å². The smallest absolute Gasteiger partial charge is 0.272 e. The van der Waals surface area contributed by atoms with Crippen LogP contribution in [-0.4, -0.2) is 40.9 Å². The van der Waals surface area contributed by atoms with Crippen LogP contribution in [0.25, 0.3) is 0 Å². The molecule has 1 aromatic heterocycles. The molecule has 1 aromatic rings. The number of fused-ring (bicyclic) bond motifs is 1. The van der Waals surface area contributed by atoms with E-state index >= 15 is 0 Å². The Bertz CT molecular complexity index is 361. The van der Waals surface area contributed by atoms with Gasteiger partial charge < -0.3 is 15.7 Å². The topological polar surface area (TPSA) is 90.0 Å². The summed E-state index contributed by atoms with van der Waals surface area (Å²) in [6.07, 6.45) is 0.871. The molecule has 2 rings (SSSR count). The number of carbonyl (C=O) groups excluding carboxylic acids is 1. The van der Waals surface area contributed by atoms with Crippen molar-refractivity contribution in [1.29, 1.82) is 0 Å². The van der Waals surface area contributed by atoms with Crippen molar-refractivity contribution in [3.63, 3.8) is 0 Å². The van der Waals surface area contributed by atoms with Gasteiger partial charge in [-0.3, -0.25) is 9.89 Å². The van der Waals surface area contributed by atoms with Crippen LogP contribution in [0.1, 0.15) is 21.7 Å². The maximum Gasteiger partial charge on any atom is 0.272 e. The molecule has 0 unspecified atom stereocenters. The first-order valence-corrected chi connectivity index (χ1v) is 4.99. The van der Waals surface area contributed by atoms with Crippen molar-refractivity contribution in [2.24, 2.45) is 0 Å². The summed E-state index contributed by atoms with van der Waals surface area (Å²) >= 11 is 0. The number of hydrogen-bond donors (Lipinski definition) is 4. The number of nitrogens with zero attached hydrogens (tertiary/aromatic N) is 1. The monoisotopic (exact) mass is 210 g/mol. The Balaban J connectivity index is 2.14. The fourth-order valence-corrected chi connectivity index (χ4v) is 1.67. The number of aromatic nitrogens is 2. The van der Waals surface area contributed by atoms with E-state index in [2.05, 4.69) is 20.8 Å². The van der Waals surface area contributed by atoms with E-state index in [1.54, 1.807) is 0 Å². The minimum absolute atomic E-state index is 0.0589. The molecule has 4 N–H and O–H groups in total. The van der Waals surface area contributed by atoms with Gasteiger partial charge in [0.2, 0.25) is 0 Å². The molecule has 0 saturated carbocycles. The molecule has 0 radical (unpaired) electrons. The Morgan fingerprint density at radius 3 is 3.27 bits per heavy atom. The van der Waals surface area contributed by atoms with Crippen LogP contribution in [0, 0.1) is 0 Å². The van der Waals surface area contributed by atoms with Crippen molar-refractivity contribution in [2.75, 3.05) is 19.7 Å². The lowest BCUT2D eigenvalue weighted by atomic mass is 10.1. The molecule has 15 heavy (non-hydrogen) atoms. The molecule has 6 nitrogen and oxygen atoms in total. The van der Waals surface area contributed by atoms with E-state index < -0.39 is 0 Å². The van der Waals surface area contributed by atoms with Gasteiger partial charge in [0.1, 0.15) is 0 Å². The third-order valence-electron chi connectivity index (χ3n) is 2.42. The molecule has 0 fully saturated rings. The maximum atomic E-state index is 11.6. The lowest BCUT2D eigenvalue weighted by Crippen LogP contribution is -2.30. The van der Waals surface area contributed by atoms with E-state index in [9.17, 15) is 4.79 Å². The summed E-state index contributed by atoms with van der Waals surface area (Å²) in [6, 6.07) is 0. The van der Waals surface area contributed by atoms with E-state index in [1.807, 2.05) is 0 Å². The number of rotatable bonds is 3. The van der Waals surface area contributed by atoms with Crippen LogP contribution in [0.4, 0.5) is 0 Å². The molecular formula is C9H14N4O2. The van der Waals surface area contributed by atoms with Crippen molar-refractivity contribution in [3.8, 4) is 0 Å². The summed E-state index contributed by atoms with van der Waals surface area (Å²) in [5.74, 6) is -0.231. The highest BCUT2D eigenvalue weighted by molar-refractivity contribution is 5.94. The van der Waals surface area contributed by atoms with Crippen molar-refractivity contribution in [2.45, 2.75) is 13.0 Å². The number of amides is 1.